The Hall–Kier alpha value is -0.910. The number of carbonyl (C=O) groups excluding carboxylic acids is 1. The van der Waals surface area contributed by atoms with Crippen LogP contribution in [0.25, 0.3) is 0 Å². The zero-order valence-electron chi connectivity index (χ0n) is 12.3. The van der Waals surface area contributed by atoms with E-state index >= 15 is 0 Å². The van der Waals surface area contributed by atoms with Gasteiger partial charge in [-0.15, -0.1) is 0 Å². The number of rotatable bonds is 9. The molecule has 0 saturated carbocycles. The smallest absolute Gasteiger partial charge is 0.338 e. The molecular formula is C14H26O5. The highest BCUT2D eigenvalue weighted by molar-refractivity contribution is 5.79. The van der Waals surface area contributed by atoms with Crippen LogP contribution in [0.15, 0.2) is 11.6 Å². The van der Waals surface area contributed by atoms with E-state index in [0.29, 0.717) is 0 Å². The first-order chi connectivity index (χ1) is 8.85. The minimum absolute atomic E-state index is 0.0979. The maximum atomic E-state index is 11.9. The van der Waals surface area contributed by atoms with E-state index in [2.05, 4.69) is 0 Å². The van der Waals surface area contributed by atoms with Crippen molar-refractivity contribution < 1.29 is 24.5 Å². The van der Waals surface area contributed by atoms with Gasteiger partial charge in [-0.25, -0.2) is 4.79 Å². The van der Waals surface area contributed by atoms with Crippen LogP contribution >= 0.6 is 0 Å². The second-order valence-electron chi connectivity index (χ2n) is 4.90. The Bertz CT molecular complexity index is 296. The summed E-state index contributed by atoms with van der Waals surface area (Å²) in [5.74, 6) is -0.713. The molecule has 112 valence electrons. The van der Waals surface area contributed by atoms with Crippen LogP contribution in [0.1, 0.15) is 46.5 Å². The fraction of sp³-hybridized carbons (Fsp3) is 0.786. The Morgan fingerprint density at radius 3 is 2.53 bits per heavy atom. The Labute approximate surface area is 115 Å². The summed E-state index contributed by atoms with van der Waals surface area (Å²) in [7, 11) is 1.31. The highest BCUT2D eigenvalue weighted by Gasteiger charge is 2.38. The third-order valence-electron chi connectivity index (χ3n) is 2.74. The second-order valence-corrected chi connectivity index (χ2v) is 4.90. The van der Waals surface area contributed by atoms with E-state index in [1.165, 1.54) is 7.11 Å². The number of esters is 1. The van der Waals surface area contributed by atoms with Gasteiger partial charge in [0.25, 0.3) is 0 Å². The topological polar surface area (TPSA) is 76.0 Å². The van der Waals surface area contributed by atoms with Gasteiger partial charge in [-0.05, 0) is 20.3 Å². The lowest BCUT2D eigenvalue weighted by Gasteiger charge is -2.26. The molecule has 19 heavy (non-hydrogen) atoms. The standard InChI is InChI=1S/C14H26O5/c1-5-6-9-19-13(16)14(17,8-7-11(2)3)10-12(15)18-4/h7,12,15,17H,5-6,8-10H2,1-4H3/t12?,14-/m1/s1. The molecule has 5 nitrogen and oxygen atoms in total. The first kappa shape index (κ1) is 18.1. The zero-order valence-corrected chi connectivity index (χ0v) is 12.3. The van der Waals surface area contributed by atoms with Gasteiger partial charge in [0.15, 0.2) is 11.9 Å². The van der Waals surface area contributed by atoms with E-state index in [-0.39, 0.29) is 19.4 Å². The number of ether oxygens (including phenoxy) is 2. The van der Waals surface area contributed by atoms with Crippen LogP contribution in [0, 0.1) is 0 Å². The molecule has 2 atom stereocenters. The number of allylic oxidation sites excluding steroid dienone is 1. The van der Waals surface area contributed by atoms with Gasteiger partial charge < -0.3 is 19.7 Å². The molecule has 0 heterocycles. The molecule has 5 heteroatoms. The molecule has 0 aliphatic heterocycles. The maximum absolute atomic E-state index is 11.9. The third-order valence-corrected chi connectivity index (χ3v) is 2.74. The zero-order chi connectivity index (χ0) is 14.9. The molecule has 0 rings (SSSR count). The number of methoxy groups -OCH3 is 1. The average molecular weight is 274 g/mol. The molecule has 2 N–H and O–H groups in total. The molecule has 0 fully saturated rings. The molecule has 0 aliphatic carbocycles. The Balaban J connectivity index is 4.72. The highest BCUT2D eigenvalue weighted by atomic mass is 16.6. The number of hydrogen-bond donors (Lipinski definition) is 2. The van der Waals surface area contributed by atoms with Crippen LogP contribution in [-0.2, 0) is 14.3 Å². The number of hydrogen-bond acceptors (Lipinski definition) is 5. The number of unbranched alkanes of at least 4 members (excludes halogenated alkanes) is 1. The van der Waals surface area contributed by atoms with Gasteiger partial charge in [-0.2, -0.15) is 0 Å². The van der Waals surface area contributed by atoms with Crippen LogP contribution in [0.2, 0.25) is 0 Å². The van der Waals surface area contributed by atoms with E-state index < -0.39 is 17.9 Å². The lowest BCUT2D eigenvalue weighted by Crippen LogP contribution is -2.43. The Kier molecular flexibility index (Phi) is 8.63. The van der Waals surface area contributed by atoms with Gasteiger partial charge in [0.1, 0.15) is 0 Å². The number of carbonyl (C=O) groups is 1. The molecule has 0 bridgehead atoms. The first-order valence-corrected chi connectivity index (χ1v) is 6.59. The van der Waals surface area contributed by atoms with Crippen LogP contribution in [0.5, 0.6) is 0 Å². The molecule has 0 aromatic carbocycles. The molecule has 0 spiro atoms. The quantitative estimate of drug-likeness (QED) is 0.290. The summed E-state index contributed by atoms with van der Waals surface area (Å²) >= 11 is 0. The van der Waals surface area contributed by atoms with Crippen LogP contribution in [-0.4, -0.2) is 41.8 Å². The van der Waals surface area contributed by atoms with Crippen molar-refractivity contribution in [3.8, 4) is 0 Å². The molecule has 1 unspecified atom stereocenters. The van der Waals surface area contributed by atoms with Gasteiger partial charge in [-0.1, -0.05) is 25.0 Å². The molecule has 0 amide bonds. The summed E-state index contributed by atoms with van der Waals surface area (Å²) < 4.78 is 9.74. The first-order valence-electron chi connectivity index (χ1n) is 6.59. The van der Waals surface area contributed by atoms with E-state index in [1.54, 1.807) is 6.08 Å². The summed E-state index contributed by atoms with van der Waals surface area (Å²) in [6, 6.07) is 0. The van der Waals surface area contributed by atoms with Gasteiger partial charge in [0.2, 0.25) is 0 Å². The molecule has 0 aliphatic rings. The number of aliphatic hydroxyl groups excluding tert-OH is 1. The summed E-state index contributed by atoms with van der Waals surface area (Å²) in [4.78, 5) is 11.9. The van der Waals surface area contributed by atoms with Crippen molar-refractivity contribution in [2.75, 3.05) is 13.7 Å². The summed E-state index contributed by atoms with van der Waals surface area (Å²) in [5, 5.41) is 19.8. The fourth-order valence-electron chi connectivity index (χ4n) is 1.44. The molecule has 0 radical (unpaired) electrons. The van der Waals surface area contributed by atoms with Gasteiger partial charge in [0, 0.05) is 20.0 Å². The molecular weight excluding hydrogens is 248 g/mol. The van der Waals surface area contributed by atoms with Gasteiger partial charge >= 0.3 is 5.97 Å². The Morgan fingerprint density at radius 1 is 1.42 bits per heavy atom. The molecule has 0 aromatic rings. The van der Waals surface area contributed by atoms with E-state index in [4.69, 9.17) is 9.47 Å². The fourth-order valence-corrected chi connectivity index (χ4v) is 1.44. The van der Waals surface area contributed by atoms with E-state index in [0.717, 1.165) is 18.4 Å². The minimum atomic E-state index is -1.75. The van der Waals surface area contributed by atoms with E-state index in [1.807, 2.05) is 20.8 Å². The summed E-state index contributed by atoms with van der Waals surface area (Å²) in [5.41, 5.74) is -0.771. The lowest BCUT2D eigenvalue weighted by atomic mass is 9.94. The molecule has 0 saturated heterocycles. The van der Waals surface area contributed by atoms with Crippen molar-refractivity contribution in [3.63, 3.8) is 0 Å². The average Bonchev–Trinajstić information content (AvgIpc) is 2.36. The molecule has 0 aromatic heterocycles. The van der Waals surface area contributed by atoms with E-state index in [9.17, 15) is 15.0 Å². The highest BCUT2D eigenvalue weighted by Crippen LogP contribution is 2.22. The SMILES string of the molecule is CCCCOC(=O)[C@@](O)(CC=C(C)C)CC(O)OC. The van der Waals surface area contributed by atoms with Crippen LogP contribution in [0.4, 0.5) is 0 Å². The lowest BCUT2D eigenvalue weighted by molar-refractivity contribution is -0.178. The number of aliphatic hydroxyl groups is 2. The predicted molar refractivity (Wildman–Crippen MR) is 72.5 cm³/mol. The van der Waals surface area contributed by atoms with Crippen molar-refractivity contribution in [3.05, 3.63) is 11.6 Å². The van der Waals surface area contributed by atoms with Crippen molar-refractivity contribution in [2.45, 2.75) is 58.3 Å². The maximum Gasteiger partial charge on any atom is 0.338 e. The van der Waals surface area contributed by atoms with Gasteiger partial charge in [0.05, 0.1) is 6.61 Å². The monoisotopic (exact) mass is 274 g/mol. The van der Waals surface area contributed by atoms with Crippen LogP contribution < -0.4 is 0 Å². The predicted octanol–water partition coefficient (Wildman–Crippen LogP) is 1.77. The summed E-state index contributed by atoms with van der Waals surface area (Å²) in [6.07, 6.45) is 2.08. The minimum Gasteiger partial charge on any atom is -0.464 e. The van der Waals surface area contributed by atoms with Gasteiger partial charge in [-0.3, -0.25) is 0 Å². The van der Waals surface area contributed by atoms with Crippen LogP contribution in [0.3, 0.4) is 0 Å². The van der Waals surface area contributed by atoms with Crippen molar-refractivity contribution in [2.24, 2.45) is 0 Å². The normalized spacial score (nSPS) is 15.5. The largest absolute Gasteiger partial charge is 0.464 e. The summed E-state index contributed by atoms with van der Waals surface area (Å²) in [6.45, 7) is 6.00. The van der Waals surface area contributed by atoms with Crippen molar-refractivity contribution in [1.29, 1.82) is 0 Å². The Morgan fingerprint density at radius 2 is 2.05 bits per heavy atom. The van der Waals surface area contributed by atoms with Crippen molar-refractivity contribution in [1.82, 2.24) is 0 Å². The van der Waals surface area contributed by atoms with Crippen molar-refractivity contribution >= 4 is 5.97 Å². The second kappa shape index (κ2) is 9.07. The third kappa shape index (κ3) is 7.30.